The van der Waals surface area contributed by atoms with Gasteiger partial charge in [-0.2, -0.15) is 0 Å². The number of aromatic amines is 1. The molecule has 0 saturated carbocycles. The third-order valence-electron chi connectivity index (χ3n) is 4.38. The van der Waals surface area contributed by atoms with E-state index in [-0.39, 0.29) is 11.5 Å². The largest absolute Gasteiger partial charge is 0.494 e. The summed E-state index contributed by atoms with van der Waals surface area (Å²) in [4.78, 5) is 15.4. The van der Waals surface area contributed by atoms with Crippen molar-refractivity contribution in [3.63, 3.8) is 0 Å². The Morgan fingerprint density at radius 1 is 1.10 bits per heavy atom. The van der Waals surface area contributed by atoms with Crippen LogP contribution >= 0.6 is 23.4 Å². The second-order valence-electron chi connectivity index (χ2n) is 6.34. The Morgan fingerprint density at radius 3 is 2.60 bits per heavy atom. The lowest BCUT2D eigenvalue weighted by Crippen LogP contribution is -2.05. The van der Waals surface area contributed by atoms with Crippen LogP contribution in [0, 0.1) is 0 Å². The molecule has 6 nitrogen and oxygen atoms in total. The lowest BCUT2D eigenvalue weighted by molar-refractivity contribution is 0.101. The van der Waals surface area contributed by atoms with Gasteiger partial charge in [0.1, 0.15) is 5.75 Å². The van der Waals surface area contributed by atoms with Gasteiger partial charge < -0.3 is 9.72 Å². The van der Waals surface area contributed by atoms with Crippen molar-refractivity contribution in [3.8, 4) is 22.8 Å². The molecule has 0 atom stereocenters. The predicted molar refractivity (Wildman–Crippen MR) is 119 cm³/mol. The van der Waals surface area contributed by atoms with Gasteiger partial charge in [-0.1, -0.05) is 35.5 Å². The van der Waals surface area contributed by atoms with Gasteiger partial charge in [-0.25, -0.2) is 0 Å². The van der Waals surface area contributed by atoms with Crippen molar-refractivity contribution in [2.45, 2.75) is 12.1 Å². The smallest absolute Gasteiger partial charge is 0.196 e. The van der Waals surface area contributed by atoms with Crippen molar-refractivity contribution in [3.05, 3.63) is 77.6 Å². The van der Waals surface area contributed by atoms with Gasteiger partial charge in [0.25, 0.3) is 0 Å². The molecule has 30 heavy (non-hydrogen) atoms. The first-order valence-corrected chi connectivity index (χ1v) is 10.8. The highest BCUT2D eigenvalue weighted by molar-refractivity contribution is 7.99. The van der Waals surface area contributed by atoms with E-state index in [0.29, 0.717) is 28.3 Å². The molecule has 0 aliphatic carbocycles. The van der Waals surface area contributed by atoms with Crippen molar-refractivity contribution < 1.29 is 9.53 Å². The molecule has 0 aliphatic rings. The average Bonchev–Trinajstić information content (AvgIpc) is 3.44. The maximum absolute atomic E-state index is 12.4. The highest BCUT2D eigenvalue weighted by atomic mass is 35.5. The van der Waals surface area contributed by atoms with E-state index in [9.17, 15) is 4.79 Å². The standard InChI is InChI=1S/C22H19ClN4O2S/c1-2-29-16-11-9-15(10-12-16)27-21(17-6-3-4-7-18(17)23)25-26-22(27)30-14-20(28)19-8-5-13-24-19/h3-13,24H,2,14H2,1H3. The average molecular weight is 439 g/mol. The summed E-state index contributed by atoms with van der Waals surface area (Å²) in [6.45, 7) is 2.54. The number of ether oxygens (including phenoxy) is 1. The molecule has 1 N–H and O–H groups in total. The first kappa shape index (κ1) is 20.3. The minimum Gasteiger partial charge on any atom is -0.494 e. The molecule has 8 heteroatoms. The summed E-state index contributed by atoms with van der Waals surface area (Å²) >= 11 is 7.75. The Kier molecular flexibility index (Phi) is 6.21. The Morgan fingerprint density at radius 2 is 1.90 bits per heavy atom. The number of benzene rings is 2. The normalized spacial score (nSPS) is 10.9. The highest BCUT2D eigenvalue weighted by Crippen LogP contribution is 2.32. The summed E-state index contributed by atoms with van der Waals surface area (Å²) in [6.07, 6.45) is 1.73. The number of hydrogen-bond donors (Lipinski definition) is 1. The third kappa shape index (κ3) is 4.27. The number of Topliss-reactive ketones (excluding diaryl/α,β-unsaturated/α-hetero) is 1. The van der Waals surface area contributed by atoms with E-state index in [4.69, 9.17) is 16.3 Å². The van der Waals surface area contributed by atoms with Crippen LogP contribution in [0.4, 0.5) is 0 Å². The number of hydrogen-bond acceptors (Lipinski definition) is 5. The summed E-state index contributed by atoms with van der Waals surface area (Å²) in [5, 5.41) is 9.91. The zero-order valence-corrected chi connectivity index (χ0v) is 17.8. The molecular formula is C22H19ClN4O2S. The lowest BCUT2D eigenvalue weighted by Gasteiger charge is -2.12. The number of ketones is 1. The van der Waals surface area contributed by atoms with Gasteiger partial charge >= 0.3 is 0 Å². The first-order valence-electron chi connectivity index (χ1n) is 9.40. The Hall–Kier alpha value is -3.03. The van der Waals surface area contributed by atoms with Crippen LogP contribution in [0.2, 0.25) is 5.02 Å². The number of nitrogens with zero attached hydrogens (tertiary/aromatic N) is 3. The number of carbonyl (C=O) groups excluding carboxylic acids is 1. The van der Waals surface area contributed by atoms with Crippen molar-refractivity contribution in [2.24, 2.45) is 0 Å². The summed E-state index contributed by atoms with van der Waals surface area (Å²) in [7, 11) is 0. The molecule has 0 aliphatic heterocycles. The topological polar surface area (TPSA) is 72.8 Å². The monoisotopic (exact) mass is 438 g/mol. The zero-order valence-electron chi connectivity index (χ0n) is 16.2. The maximum atomic E-state index is 12.4. The molecule has 152 valence electrons. The van der Waals surface area contributed by atoms with Crippen molar-refractivity contribution in [2.75, 3.05) is 12.4 Å². The summed E-state index contributed by atoms with van der Waals surface area (Å²) < 4.78 is 7.45. The van der Waals surface area contributed by atoms with Crippen LogP contribution in [0.1, 0.15) is 17.4 Å². The molecule has 2 heterocycles. The number of halogens is 1. The summed E-state index contributed by atoms with van der Waals surface area (Å²) in [5.41, 5.74) is 2.19. The van der Waals surface area contributed by atoms with Crippen LogP contribution in [0.5, 0.6) is 5.75 Å². The van der Waals surface area contributed by atoms with Crippen LogP contribution in [0.3, 0.4) is 0 Å². The number of thioether (sulfide) groups is 1. The van der Waals surface area contributed by atoms with E-state index < -0.39 is 0 Å². The van der Waals surface area contributed by atoms with Crippen molar-refractivity contribution in [1.82, 2.24) is 19.7 Å². The predicted octanol–water partition coefficient (Wildman–Crippen LogP) is 5.29. The number of carbonyl (C=O) groups is 1. The number of rotatable bonds is 8. The van der Waals surface area contributed by atoms with Gasteiger partial charge in [0.05, 0.1) is 23.1 Å². The Bertz CT molecular complexity index is 1140. The van der Waals surface area contributed by atoms with Crippen LogP contribution in [-0.4, -0.2) is 37.9 Å². The van der Waals surface area contributed by atoms with Crippen LogP contribution in [0.25, 0.3) is 17.1 Å². The molecule has 0 radical (unpaired) electrons. The molecule has 0 unspecified atom stereocenters. The fourth-order valence-electron chi connectivity index (χ4n) is 2.98. The molecule has 0 fully saturated rings. The van der Waals surface area contributed by atoms with Crippen LogP contribution < -0.4 is 4.74 Å². The molecule has 4 rings (SSSR count). The Labute approximate surface area is 183 Å². The summed E-state index contributed by atoms with van der Waals surface area (Å²) in [5.74, 6) is 1.62. The van der Waals surface area contributed by atoms with Crippen LogP contribution in [-0.2, 0) is 0 Å². The quantitative estimate of drug-likeness (QED) is 0.299. The highest BCUT2D eigenvalue weighted by Gasteiger charge is 2.19. The fraction of sp³-hybridized carbons (Fsp3) is 0.136. The zero-order chi connectivity index (χ0) is 20.9. The maximum Gasteiger partial charge on any atom is 0.196 e. The van der Waals surface area contributed by atoms with E-state index in [1.54, 1.807) is 18.3 Å². The minimum absolute atomic E-state index is 0.00876. The minimum atomic E-state index is -0.00876. The SMILES string of the molecule is CCOc1ccc(-n2c(SCC(=O)c3ccc[nH]3)nnc2-c2ccccc2Cl)cc1. The van der Waals surface area contributed by atoms with E-state index in [0.717, 1.165) is 17.0 Å². The van der Waals surface area contributed by atoms with Gasteiger partial charge in [0.15, 0.2) is 16.8 Å². The molecular weight excluding hydrogens is 420 g/mol. The first-order chi connectivity index (χ1) is 14.7. The van der Waals surface area contributed by atoms with Crippen LogP contribution in [0.15, 0.2) is 72.0 Å². The van der Waals surface area contributed by atoms with Gasteiger partial charge in [0, 0.05) is 17.4 Å². The molecule has 4 aromatic rings. The Balaban J connectivity index is 1.71. The van der Waals surface area contributed by atoms with Gasteiger partial charge in [0.2, 0.25) is 0 Å². The van der Waals surface area contributed by atoms with Gasteiger partial charge in [-0.15, -0.1) is 10.2 Å². The third-order valence-corrected chi connectivity index (χ3v) is 5.64. The van der Waals surface area contributed by atoms with E-state index in [1.807, 2.05) is 60.0 Å². The van der Waals surface area contributed by atoms with E-state index >= 15 is 0 Å². The van der Waals surface area contributed by atoms with Crippen molar-refractivity contribution in [1.29, 1.82) is 0 Å². The molecule has 2 aromatic heterocycles. The van der Waals surface area contributed by atoms with Gasteiger partial charge in [-0.3, -0.25) is 9.36 Å². The number of nitrogens with one attached hydrogen (secondary N) is 1. The second-order valence-corrected chi connectivity index (χ2v) is 7.69. The van der Waals surface area contributed by atoms with E-state index in [2.05, 4.69) is 15.2 Å². The lowest BCUT2D eigenvalue weighted by atomic mass is 10.2. The fourth-order valence-corrected chi connectivity index (χ4v) is 4.04. The summed E-state index contributed by atoms with van der Waals surface area (Å²) in [6, 6.07) is 18.7. The second kappa shape index (κ2) is 9.19. The molecule has 0 amide bonds. The van der Waals surface area contributed by atoms with E-state index in [1.165, 1.54) is 11.8 Å². The number of aromatic nitrogens is 4. The number of H-pyrrole nitrogens is 1. The molecule has 0 spiro atoms. The molecule has 0 saturated heterocycles. The van der Waals surface area contributed by atoms with Gasteiger partial charge in [-0.05, 0) is 55.5 Å². The molecule has 0 bridgehead atoms. The molecule has 2 aromatic carbocycles. The van der Waals surface area contributed by atoms with Crippen molar-refractivity contribution >= 4 is 29.1 Å².